The molecule has 1 aromatic rings. The van der Waals surface area contributed by atoms with E-state index in [0.717, 1.165) is 5.56 Å². The van der Waals surface area contributed by atoms with E-state index in [4.69, 9.17) is 11.5 Å². The fraction of sp³-hybridized carbons (Fsp3) is 0.273. The largest absolute Gasteiger partial charge is 0.366 e. The quantitative estimate of drug-likeness (QED) is 0.773. The van der Waals surface area contributed by atoms with Crippen LogP contribution in [-0.4, -0.2) is 11.8 Å². The molecule has 0 aliphatic heterocycles. The summed E-state index contributed by atoms with van der Waals surface area (Å²) in [5, 5.41) is 0. The predicted octanol–water partition coefficient (Wildman–Crippen LogP) is 1.01. The number of carbonyl (C=O) groups is 2. The summed E-state index contributed by atoms with van der Waals surface area (Å²) in [6.45, 7) is 3.85. The smallest absolute Gasteiger partial charge is 0.248 e. The molecule has 0 atom stereocenters. The third-order valence-electron chi connectivity index (χ3n) is 2.22. The van der Waals surface area contributed by atoms with Crippen LogP contribution in [0.5, 0.6) is 0 Å². The van der Waals surface area contributed by atoms with Crippen LogP contribution in [0, 0.1) is 0 Å². The Balaban J connectivity index is 3.33. The van der Waals surface area contributed by atoms with Crippen LogP contribution in [0.15, 0.2) is 18.2 Å². The van der Waals surface area contributed by atoms with Crippen molar-refractivity contribution in [3.05, 3.63) is 34.9 Å². The molecular formula is C11H14N2O2. The normalized spacial score (nSPS) is 10.3. The number of hydrogen-bond donors (Lipinski definition) is 2. The molecule has 0 fully saturated rings. The average Bonchev–Trinajstić information content (AvgIpc) is 2.16. The SMILES string of the molecule is CC(C)c1cc(C(N)=O)ccc1C(N)=O. The molecule has 15 heavy (non-hydrogen) atoms. The van der Waals surface area contributed by atoms with E-state index in [0.29, 0.717) is 11.1 Å². The van der Waals surface area contributed by atoms with Crippen LogP contribution in [0.1, 0.15) is 46.0 Å². The molecule has 1 rings (SSSR count). The van der Waals surface area contributed by atoms with E-state index in [9.17, 15) is 9.59 Å². The average molecular weight is 206 g/mol. The lowest BCUT2D eigenvalue weighted by atomic mass is 9.94. The minimum absolute atomic E-state index is 0.117. The summed E-state index contributed by atoms with van der Waals surface area (Å²) in [6, 6.07) is 4.67. The Bertz CT molecular complexity index is 411. The van der Waals surface area contributed by atoms with E-state index in [-0.39, 0.29) is 5.92 Å². The van der Waals surface area contributed by atoms with Gasteiger partial charge in [-0.1, -0.05) is 13.8 Å². The summed E-state index contributed by atoms with van der Waals surface area (Å²) in [6.07, 6.45) is 0. The van der Waals surface area contributed by atoms with Crippen LogP contribution in [-0.2, 0) is 0 Å². The summed E-state index contributed by atoms with van der Waals surface area (Å²) < 4.78 is 0. The van der Waals surface area contributed by atoms with Crippen LogP contribution < -0.4 is 11.5 Å². The highest BCUT2D eigenvalue weighted by Crippen LogP contribution is 2.20. The van der Waals surface area contributed by atoms with Gasteiger partial charge in [0.25, 0.3) is 0 Å². The summed E-state index contributed by atoms with van der Waals surface area (Å²) >= 11 is 0. The number of nitrogens with two attached hydrogens (primary N) is 2. The number of carbonyl (C=O) groups excluding carboxylic acids is 2. The molecule has 0 aromatic heterocycles. The van der Waals surface area contributed by atoms with Gasteiger partial charge in [-0.25, -0.2) is 0 Å². The van der Waals surface area contributed by atoms with Crippen LogP contribution in [0.2, 0.25) is 0 Å². The molecule has 0 unspecified atom stereocenters. The second-order valence-electron chi connectivity index (χ2n) is 3.69. The molecule has 2 amide bonds. The zero-order valence-corrected chi connectivity index (χ0v) is 8.78. The molecule has 80 valence electrons. The molecule has 0 spiro atoms. The van der Waals surface area contributed by atoms with E-state index in [2.05, 4.69) is 0 Å². The van der Waals surface area contributed by atoms with Crippen molar-refractivity contribution in [2.24, 2.45) is 11.5 Å². The zero-order chi connectivity index (χ0) is 11.6. The predicted molar refractivity (Wildman–Crippen MR) is 57.6 cm³/mol. The Morgan fingerprint density at radius 3 is 2.13 bits per heavy atom. The molecule has 4 N–H and O–H groups in total. The number of primary amides is 2. The monoisotopic (exact) mass is 206 g/mol. The second kappa shape index (κ2) is 4.13. The van der Waals surface area contributed by atoms with Crippen LogP contribution in [0.25, 0.3) is 0 Å². The van der Waals surface area contributed by atoms with Crippen molar-refractivity contribution in [3.63, 3.8) is 0 Å². The molecule has 0 saturated carbocycles. The van der Waals surface area contributed by atoms with Gasteiger partial charge < -0.3 is 11.5 Å². The standard InChI is InChI=1S/C11H14N2O2/c1-6(2)9-5-7(10(12)14)3-4-8(9)11(13)15/h3-6H,1-2H3,(H2,12,14)(H2,13,15). The van der Waals surface area contributed by atoms with Crippen molar-refractivity contribution in [1.29, 1.82) is 0 Å². The minimum Gasteiger partial charge on any atom is -0.366 e. The van der Waals surface area contributed by atoms with Gasteiger partial charge in [-0.05, 0) is 29.7 Å². The van der Waals surface area contributed by atoms with E-state index in [1.54, 1.807) is 6.07 Å². The van der Waals surface area contributed by atoms with Crippen molar-refractivity contribution >= 4 is 11.8 Å². The van der Waals surface area contributed by atoms with Gasteiger partial charge in [-0.15, -0.1) is 0 Å². The van der Waals surface area contributed by atoms with Crippen molar-refractivity contribution in [2.75, 3.05) is 0 Å². The molecule has 4 nitrogen and oxygen atoms in total. The van der Waals surface area contributed by atoms with Crippen LogP contribution in [0.4, 0.5) is 0 Å². The third kappa shape index (κ3) is 2.34. The van der Waals surface area contributed by atoms with Gasteiger partial charge in [-0.2, -0.15) is 0 Å². The Hall–Kier alpha value is -1.84. The molecule has 0 saturated heterocycles. The molecular weight excluding hydrogens is 192 g/mol. The minimum atomic E-state index is -0.507. The third-order valence-corrected chi connectivity index (χ3v) is 2.22. The van der Waals surface area contributed by atoms with Crippen molar-refractivity contribution in [2.45, 2.75) is 19.8 Å². The maximum atomic E-state index is 11.1. The topological polar surface area (TPSA) is 86.2 Å². The van der Waals surface area contributed by atoms with E-state index < -0.39 is 11.8 Å². The number of hydrogen-bond acceptors (Lipinski definition) is 2. The zero-order valence-electron chi connectivity index (χ0n) is 8.78. The lowest BCUT2D eigenvalue weighted by Gasteiger charge is -2.11. The number of rotatable bonds is 3. The second-order valence-corrected chi connectivity index (χ2v) is 3.69. The van der Waals surface area contributed by atoms with Gasteiger partial charge in [0.1, 0.15) is 0 Å². The molecule has 1 aromatic carbocycles. The summed E-state index contributed by atoms with van der Waals surface area (Å²) in [5.41, 5.74) is 12.0. The molecule has 0 radical (unpaired) electrons. The van der Waals surface area contributed by atoms with E-state index in [1.807, 2.05) is 13.8 Å². The number of amides is 2. The lowest BCUT2D eigenvalue weighted by molar-refractivity contribution is 0.0987. The summed E-state index contributed by atoms with van der Waals surface area (Å²) in [7, 11) is 0. The van der Waals surface area contributed by atoms with Crippen molar-refractivity contribution in [1.82, 2.24) is 0 Å². The Morgan fingerprint density at radius 1 is 1.13 bits per heavy atom. The van der Waals surface area contributed by atoms with Gasteiger partial charge in [-0.3, -0.25) is 9.59 Å². The highest BCUT2D eigenvalue weighted by Gasteiger charge is 2.13. The Labute approximate surface area is 88.3 Å². The molecule has 4 heteroatoms. The van der Waals surface area contributed by atoms with Gasteiger partial charge in [0.15, 0.2) is 0 Å². The highest BCUT2D eigenvalue weighted by molar-refractivity contribution is 5.98. The van der Waals surface area contributed by atoms with E-state index >= 15 is 0 Å². The van der Waals surface area contributed by atoms with Crippen molar-refractivity contribution in [3.8, 4) is 0 Å². The fourth-order valence-corrected chi connectivity index (χ4v) is 1.42. The first-order valence-corrected chi connectivity index (χ1v) is 4.67. The Morgan fingerprint density at radius 2 is 1.73 bits per heavy atom. The van der Waals surface area contributed by atoms with Gasteiger partial charge in [0.2, 0.25) is 11.8 Å². The molecule has 0 heterocycles. The van der Waals surface area contributed by atoms with E-state index in [1.165, 1.54) is 12.1 Å². The maximum Gasteiger partial charge on any atom is 0.248 e. The molecule has 0 bridgehead atoms. The molecule has 0 aliphatic rings. The summed E-state index contributed by atoms with van der Waals surface area (Å²) in [4.78, 5) is 22.1. The Kier molecular flexibility index (Phi) is 3.09. The van der Waals surface area contributed by atoms with Crippen LogP contribution >= 0.6 is 0 Å². The summed E-state index contributed by atoms with van der Waals surface area (Å²) in [5.74, 6) is -0.880. The lowest BCUT2D eigenvalue weighted by Crippen LogP contribution is -2.17. The highest BCUT2D eigenvalue weighted by atomic mass is 16.1. The maximum absolute atomic E-state index is 11.1. The first-order valence-electron chi connectivity index (χ1n) is 4.67. The van der Waals surface area contributed by atoms with Gasteiger partial charge in [0.05, 0.1) is 0 Å². The first kappa shape index (κ1) is 11.2. The first-order chi connectivity index (χ1) is 6.93. The fourth-order valence-electron chi connectivity index (χ4n) is 1.42. The van der Waals surface area contributed by atoms with Gasteiger partial charge >= 0.3 is 0 Å². The van der Waals surface area contributed by atoms with Crippen LogP contribution in [0.3, 0.4) is 0 Å². The number of benzene rings is 1. The molecule has 0 aliphatic carbocycles. The van der Waals surface area contributed by atoms with Crippen molar-refractivity contribution < 1.29 is 9.59 Å². The van der Waals surface area contributed by atoms with Gasteiger partial charge in [0, 0.05) is 11.1 Å².